The molecule has 2 nitrogen and oxygen atoms in total. The van der Waals surface area contributed by atoms with Crippen molar-refractivity contribution >= 4 is 11.0 Å². The van der Waals surface area contributed by atoms with E-state index in [0.29, 0.717) is 5.92 Å². The maximum atomic E-state index is 10.6. The van der Waals surface area contributed by atoms with Gasteiger partial charge < -0.3 is 9.52 Å². The third-order valence-electron chi connectivity index (χ3n) is 4.70. The Morgan fingerprint density at radius 3 is 2.79 bits per heavy atom. The first-order valence-corrected chi connectivity index (χ1v) is 7.15. The van der Waals surface area contributed by atoms with E-state index in [0.717, 1.165) is 23.2 Å². The minimum atomic E-state index is -0.481. The average molecular weight is 258 g/mol. The zero-order valence-corrected chi connectivity index (χ0v) is 11.9. The highest BCUT2D eigenvalue weighted by molar-refractivity contribution is 5.78. The summed E-state index contributed by atoms with van der Waals surface area (Å²) in [6, 6.07) is 8.14. The standard InChI is InChI=1S/C17H22O2/c1-11-6-7-14-12(9-11)10-15(19-14)16(18)13-5-4-8-17(13,2)3/h6-7,9-10,13,16,18H,4-5,8H2,1-3H3. The number of fused-ring (bicyclic) bond motifs is 1. The molecular weight excluding hydrogens is 236 g/mol. The number of aryl methyl sites for hydroxylation is 1. The lowest BCUT2D eigenvalue weighted by molar-refractivity contribution is 0.0379. The summed E-state index contributed by atoms with van der Waals surface area (Å²) < 4.78 is 5.84. The second kappa shape index (κ2) is 4.38. The van der Waals surface area contributed by atoms with E-state index in [9.17, 15) is 5.11 Å². The minimum absolute atomic E-state index is 0.203. The number of rotatable bonds is 2. The Labute approximate surface area is 114 Å². The number of aliphatic hydroxyl groups excluding tert-OH is 1. The van der Waals surface area contributed by atoms with Crippen molar-refractivity contribution in [2.24, 2.45) is 11.3 Å². The quantitative estimate of drug-likeness (QED) is 0.854. The molecular formula is C17H22O2. The lowest BCUT2D eigenvalue weighted by Crippen LogP contribution is -2.23. The fourth-order valence-electron chi connectivity index (χ4n) is 3.47. The third kappa shape index (κ3) is 2.18. The predicted molar refractivity (Wildman–Crippen MR) is 77.0 cm³/mol. The van der Waals surface area contributed by atoms with Gasteiger partial charge >= 0.3 is 0 Å². The van der Waals surface area contributed by atoms with Crippen LogP contribution in [-0.2, 0) is 0 Å². The molecule has 0 bridgehead atoms. The highest BCUT2D eigenvalue weighted by Gasteiger charge is 2.40. The van der Waals surface area contributed by atoms with Crippen LogP contribution in [0.1, 0.15) is 50.5 Å². The molecule has 3 rings (SSSR count). The molecule has 2 aromatic rings. The van der Waals surface area contributed by atoms with Crippen LogP contribution in [0.4, 0.5) is 0 Å². The van der Waals surface area contributed by atoms with Gasteiger partial charge in [0, 0.05) is 5.39 Å². The van der Waals surface area contributed by atoms with Crippen molar-refractivity contribution in [1.82, 2.24) is 0 Å². The minimum Gasteiger partial charge on any atom is -0.458 e. The molecule has 1 heterocycles. The first-order valence-electron chi connectivity index (χ1n) is 7.15. The highest BCUT2D eigenvalue weighted by atomic mass is 16.4. The Morgan fingerprint density at radius 2 is 2.11 bits per heavy atom. The van der Waals surface area contributed by atoms with Crippen molar-refractivity contribution in [2.75, 3.05) is 0 Å². The monoisotopic (exact) mass is 258 g/mol. The molecule has 1 aromatic carbocycles. The van der Waals surface area contributed by atoms with Crippen molar-refractivity contribution in [3.63, 3.8) is 0 Å². The Kier molecular flexibility index (Phi) is 2.94. The summed E-state index contributed by atoms with van der Waals surface area (Å²) >= 11 is 0. The molecule has 1 aliphatic rings. The molecule has 0 spiro atoms. The summed E-state index contributed by atoms with van der Waals surface area (Å²) in [5.41, 5.74) is 2.29. The van der Waals surface area contributed by atoms with E-state index in [1.165, 1.54) is 18.4 Å². The maximum absolute atomic E-state index is 10.6. The number of hydrogen-bond acceptors (Lipinski definition) is 2. The van der Waals surface area contributed by atoms with Crippen LogP contribution < -0.4 is 0 Å². The van der Waals surface area contributed by atoms with Gasteiger partial charge in [0.15, 0.2) is 0 Å². The first-order chi connectivity index (χ1) is 8.97. The van der Waals surface area contributed by atoms with Crippen LogP contribution >= 0.6 is 0 Å². The van der Waals surface area contributed by atoms with Gasteiger partial charge in [0.25, 0.3) is 0 Å². The molecule has 0 aliphatic heterocycles. The molecule has 1 aliphatic carbocycles. The van der Waals surface area contributed by atoms with Crippen molar-refractivity contribution < 1.29 is 9.52 Å². The zero-order valence-electron chi connectivity index (χ0n) is 11.9. The largest absolute Gasteiger partial charge is 0.458 e. The lowest BCUT2D eigenvalue weighted by Gasteiger charge is -2.30. The number of furan rings is 1. The average Bonchev–Trinajstić information content (AvgIpc) is 2.90. The Morgan fingerprint density at radius 1 is 1.32 bits per heavy atom. The molecule has 1 saturated carbocycles. The molecule has 0 saturated heterocycles. The van der Waals surface area contributed by atoms with Crippen LogP contribution in [0, 0.1) is 18.3 Å². The summed E-state index contributed by atoms with van der Waals surface area (Å²) in [5.74, 6) is 1.02. The van der Waals surface area contributed by atoms with Crippen LogP contribution in [0.15, 0.2) is 28.7 Å². The smallest absolute Gasteiger partial charge is 0.134 e. The second-order valence-electron chi connectivity index (χ2n) is 6.62. The van der Waals surface area contributed by atoms with E-state index >= 15 is 0 Å². The summed E-state index contributed by atoms with van der Waals surface area (Å²) in [6.07, 6.45) is 3.00. The van der Waals surface area contributed by atoms with E-state index in [1.807, 2.05) is 18.2 Å². The molecule has 102 valence electrons. The summed E-state index contributed by atoms with van der Waals surface area (Å²) in [4.78, 5) is 0. The second-order valence-corrected chi connectivity index (χ2v) is 6.62. The molecule has 1 aromatic heterocycles. The fraction of sp³-hybridized carbons (Fsp3) is 0.529. The van der Waals surface area contributed by atoms with Crippen LogP contribution in [0.3, 0.4) is 0 Å². The lowest BCUT2D eigenvalue weighted by atomic mass is 9.78. The van der Waals surface area contributed by atoms with E-state index in [2.05, 4.69) is 26.8 Å². The number of aliphatic hydroxyl groups is 1. The van der Waals surface area contributed by atoms with Crippen LogP contribution in [0.5, 0.6) is 0 Å². The number of benzene rings is 1. The van der Waals surface area contributed by atoms with E-state index in [1.54, 1.807) is 0 Å². The SMILES string of the molecule is Cc1ccc2oc(C(O)C3CCCC3(C)C)cc2c1. The molecule has 1 fully saturated rings. The summed E-state index contributed by atoms with van der Waals surface area (Å²) in [6.45, 7) is 6.57. The van der Waals surface area contributed by atoms with Crippen LogP contribution in [0.25, 0.3) is 11.0 Å². The zero-order chi connectivity index (χ0) is 13.6. The first kappa shape index (κ1) is 12.7. The van der Waals surface area contributed by atoms with Crippen LogP contribution in [0.2, 0.25) is 0 Å². The van der Waals surface area contributed by atoms with Gasteiger partial charge in [-0.1, -0.05) is 31.9 Å². The van der Waals surface area contributed by atoms with Gasteiger partial charge in [-0.05, 0) is 49.3 Å². The van der Waals surface area contributed by atoms with Gasteiger partial charge in [-0.15, -0.1) is 0 Å². The van der Waals surface area contributed by atoms with Crippen molar-refractivity contribution in [1.29, 1.82) is 0 Å². The van der Waals surface area contributed by atoms with E-state index < -0.39 is 6.10 Å². The molecule has 1 N–H and O–H groups in total. The normalized spacial score (nSPS) is 23.9. The van der Waals surface area contributed by atoms with Gasteiger partial charge in [0.2, 0.25) is 0 Å². The summed E-state index contributed by atoms with van der Waals surface area (Å²) in [7, 11) is 0. The van der Waals surface area contributed by atoms with Gasteiger partial charge in [-0.2, -0.15) is 0 Å². The maximum Gasteiger partial charge on any atom is 0.134 e. The molecule has 0 radical (unpaired) electrons. The van der Waals surface area contributed by atoms with Crippen molar-refractivity contribution in [3.8, 4) is 0 Å². The molecule has 2 heteroatoms. The van der Waals surface area contributed by atoms with Gasteiger partial charge in [-0.3, -0.25) is 0 Å². The predicted octanol–water partition coefficient (Wildman–Crippen LogP) is 4.60. The Bertz CT molecular complexity index is 594. The Balaban J connectivity index is 1.95. The Hall–Kier alpha value is -1.28. The van der Waals surface area contributed by atoms with Gasteiger partial charge in [0.1, 0.15) is 17.4 Å². The highest BCUT2D eigenvalue weighted by Crippen LogP contribution is 2.49. The van der Waals surface area contributed by atoms with Crippen LogP contribution in [-0.4, -0.2) is 5.11 Å². The molecule has 19 heavy (non-hydrogen) atoms. The third-order valence-corrected chi connectivity index (χ3v) is 4.70. The van der Waals surface area contributed by atoms with Gasteiger partial charge in [-0.25, -0.2) is 0 Å². The van der Waals surface area contributed by atoms with E-state index in [-0.39, 0.29) is 5.41 Å². The molecule has 0 amide bonds. The van der Waals surface area contributed by atoms with Gasteiger partial charge in [0.05, 0.1) is 0 Å². The summed E-state index contributed by atoms with van der Waals surface area (Å²) in [5, 5.41) is 11.7. The molecule has 2 unspecified atom stereocenters. The topological polar surface area (TPSA) is 33.4 Å². The molecule has 2 atom stereocenters. The van der Waals surface area contributed by atoms with Crippen molar-refractivity contribution in [2.45, 2.75) is 46.1 Å². The van der Waals surface area contributed by atoms with Crippen molar-refractivity contribution in [3.05, 3.63) is 35.6 Å². The van der Waals surface area contributed by atoms with E-state index in [4.69, 9.17) is 4.42 Å². The fourth-order valence-corrected chi connectivity index (χ4v) is 3.47. The number of hydrogen-bond donors (Lipinski definition) is 1.